The second-order valence-corrected chi connectivity index (χ2v) is 7.20. The minimum atomic E-state index is -0.828. The van der Waals surface area contributed by atoms with Crippen LogP contribution in [0, 0.1) is 18.6 Å². The van der Waals surface area contributed by atoms with E-state index in [0.717, 1.165) is 29.0 Å². The summed E-state index contributed by atoms with van der Waals surface area (Å²) in [4.78, 5) is 14.5. The highest BCUT2D eigenvalue weighted by Crippen LogP contribution is 2.34. The molecule has 4 rings (SSSR count). The summed E-state index contributed by atoms with van der Waals surface area (Å²) in [5.41, 5.74) is 4.36. The van der Waals surface area contributed by atoms with Crippen molar-refractivity contribution in [1.29, 1.82) is 0 Å². The predicted octanol–water partition coefficient (Wildman–Crippen LogP) is 3.56. The molecule has 1 aliphatic rings. The molecular weight excluding hydrogens is 376 g/mol. The van der Waals surface area contributed by atoms with Crippen LogP contribution in [0.2, 0.25) is 0 Å². The molecule has 5 nitrogen and oxygen atoms in total. The van der Waals surface area contributed by atoms with Crippen molar-refractivity contribution in [1.82, 2.24) is 14.7 Å². The summed E-state index contributed by atoms with van der Waals surface area (Å²) >= 11 is 0. The topological polar surface area (TPSA) is 47.4 Å². The summed E-state index contributed by atoms with van der Waals surface area (Å²) in [6.45, 7) is 2.63. The number of aryl methyl sites for hydroxylation is 1. The van der Waals surface area contributed by atoms with E-state index in [0.29, 0.717) is 13.1 Å². The molecule has 0 radical (unpaired) electrons. The van der Waals surface area contributed by atoms with E-state index in [2.05, 4.69) is 11.2 Å². The third kappa shape index (κ3) is 3.72. The Labute approximate surface area is 167 Å². The summed E-state index contributed by atoms with van der Waals surface area (Å²) in [6.07, 6.45) is 1.84. The normalized spacial score (nSPS) is 15.9. The van der Waals surface area contributed by atoms with Crippen LogP contribution in [0.1, 0.15) is 28.3 Å². The third-order valence-electron chi connectivity index (χ3n) is 5.44. The van der Waals surface area contributed by atoms with Gasteiger partial charge in [0.1, 0.15) is 5.82 Å². The number of aromatic nitrogens is 2. The first-order valence-corrected chi connectivity index (χ1v) is 9.36. The Kier molecular flexibility index (Phi) is 5.05. The van der Waals surface area contributed by atoms with E-state index in [1.165, 1.54) is 11.6 Å². The van der Waals surface area contributed by atoms with Crippen molar-refractivity contribution in [2.75, 3.05) is 13.2 Å². The molecular formula is C22H21F2N3O2. The minimum Gasteiger partial charge on any atom is -0.481 e. The Morgan fingerprint density at radius 2 is 2.00 bits per heavy atom. The number of rotatable bonds is 4. The minimum absolute atomic E-state index is 0.000146. The standard InChI is InChI=1S/C22H21F2N3O2/c1-14-18(10-25-26(14)2)19-12-27(11-15-5-3-4-6-17(15)19)22(28)13-29-21-8-7-16(23)9-20(21)24/h3-10,19H,11-13H2,1-2H3. The average Bonchev–Trinajstić information content (AvgIpc) is 3.04. The lowest BCUT2D eigenvalue weighted by atomic mass is 9.85. The lowest BCUT2D eigenvalue weighted by molar-refractivity contribution is -0.134. The van der Waals surface area contributed by atoms with E-state index in [-0.39, 0.29) is 24.2 Å². The monoisotopic (exact) mass is 397 g/mol. The van der Waals surface area contributed by atoms with E-state index in [1.807, 2.05) is 43.0 Å². The molecule has 0 saturated carbocycles. The van der Waals surface area contributed by atoms with Gasteiger partial charge in [-0.1, -0.05) is 24.3 Å². The maximum Gasteiger partial charge on any atom is 0.260 e. The molecule has 1 aromatic heterocycles. The largest absolute Gasteiger partial charge is 0.481 e. The number of nitrogens with zero attached hydrogens (tertiary/aromatic N) is 3. The number of carbonyl (C=O) groups excluding carboxylic acids is 1. The second-order valence-electron chi connectivity index (χ2n) is 7.20. The maximum absolute atomic E-state index is 13.8. The van der Waals surface area contributed by atoms with Gasteiger partial charge >= 0.3 is 0 Å². The fourth-order valence-corrected chi connectivity index (χ4v) is 3.74. The lowest BCUT2D eigenvalue weighted by Crippen LogP contribution is -2.41. The number of halogens is 2. The fraction of sp³-hybridized carbons (Fsp3) is 0.273. The van der Waals surface area contributed by atoms with Crippen molar-refractivity contribution in [2.24, 2.45) is 7.05 Å². The molecule has 3 aromatic rings. The van der Waals surface area contributed by atoms with Crippen molar-refractivity contribution >= 4 is 5.91 Å². The van der Waals surface area contributed by atoms with Gasteiger partial charge in [0.25, 0.3) is 5.91 Å². The van der Waals surface area contributed by atoms with E-state index in [1.54, 1.807) is 4.90 Å². The first kappa shape index (κ1) is 19.1. The first-order chi connectivity index (χ1) is 13.9. The van der Waals surface area contributed by atoms with Crippen LogP contribution >= 0.6 is 0 Å². The second kappa shape index (κ2) is 7.66. The van der Waals surface area contributed by atoms with Gasteiger partial charge in [0.15, 0.2) is 18.2 Å². The van der Waals surface area contributed by atoms with Gasteiger partial charge in [0.2, 0.25) is 0 Å². The molecule has 2 heterocycles. The Morgan fingerprint density at radius 1 is 1.21 bits per heavy atom. The number of carbonyl (C=O) groups is 1. The molecule has 0 N–H and O–H groups in total. The quantitative estimate of drug-likeness (QED) is 0.676. The molecule has 150 valence electrons. The number of hydrogen-bond acceptors (Lipinski definition) is 3. The van der Waals surface area contributed by atoms with E-state index >= 15 is 0 Å². The van der Waals surface area contributed by atoms with Crippen LogP contribution in [0.25, 0.3) is 0 Å². The summed E-state index contributed by atoms with van der Waals surface area (Å²) < 4.78 is 33.9. The number of fused-ring (bicyclic) bond motifs is 1. The highest BCUT2D eigenvalue weighted by Gasteiger charge is 2.31. The van der Waals surface area contributed by atoms with Gasteiger partial charge in [0.05, 0.1) is 6.20 Å². The molecule has 0 spiro atoms. The number of benzene rings is 2. The SMILES string of the molecule is Cc1c(C2CN(C(=O)COc3ccc(F)cc3F)Cc3ccccc32)cnn1C. The molecule has 0 bridgehead atoms. The van der Waals surface area contributed by atoms with Crippen molar-refractivity contribution in [3.63, 3.8) is 0 Å². The predicted molar refractivity (Wildman–Crippen MR) is 104 cm³/mol. The van der Waals surface area contributed by atoms with Crippen molar-refractivity contribution in [2.45, 2.75) is 19.4 Å². The molecule has 1 aliphatic heterocycles. The van der Waals surface area contributed by atoms with Crippen LogP contribution in [-0.4, -0.2) is 33.7 Å². The lowest BCUT2D eigenvalue weighted by Gasteiger charge is -2.34. The van der Waals surface area contributed by atoms with Crippen molar-refractivity contribution < 1.29 is 18.3 Å². The van der Waals surface area contributed by atoms with Gasteiger partial charge in [-0.25, -0.2) is 8.78 Å². The van der Waals surface area contributed by atoms with Gasteiger partial charge in [-0.3, -0.25) is 9.48 Å². The maximum atomic E-state index is 13.8. The van der Waals surface area contributed by atoms with Crippen LogP contribution < -0.4 is 4.74 Å². The van der Waals surface area contributed by atoms with Crippen molar-refractivity contribution in [3.8, 4) is 5.75 Å². The zero-order valence-electron chi connectivity index (χ0n) is 16.2. The number of amides is 1. The first-order valence-electron chi connectivity index (χ1n) is 9.36. The highest BCUT2D eigenvalue weighted by molar-refractivity contribution is 5.78. The Balaban J connectivity index is 1.55. The average molecular weight is 397 g/mol. The van der Waals surface area contributed by atoms with E-state index < -0.39 is 11.6 Å². The van der Waals surface area contributed by atoms with Gasteiger partial charge in [-0.05, 0) is 30.2 Å². The van der Waals surface area contributed by atoms with Crippen molar-refractivity contribution in [3.05, 3.63) is 82.7 Å². The Morgan fingerprint density at radius 3 is 2.72 bits per heavy atom. The number of hydrogen-bond donors (Lipinski definition) is 0. The van der Waals surface area contributed by atoms with Gasteiger partial charge in [0, 0.05) is 43.4 Å². The van der Waals surface area contributed by atoms with Crippen LogP contribution in [0.15, 0.2) is 48.7 Å². The molecule has 0 fully saturated rings. The molecule has 0 saturated heterocycles. The number of ether oxygens (including phenoxy) is 1. The smallest absolute Gasteiger partial charge is 0.260 e. The Hall–Kier alpha value is -3.22. The zero-order valence-corrected chi connectivity index (χ0v) is 16.2. The van der Waals surface area contributed by atoms with Crippen LogP contribution in [0.4, 0.5) is 8.78 Å². The summed E-state index contributed by atoms with van der Waals surface area (Å²) in [5, 5.41) is 4.34. The van der Waals surface area contributed by atoms with E-state index in [4.69, 9.17) is 4.74 Å². The third-order valence-corrected chi connectivity index (χ3v) is 5.44. The summed E-state index contributed by atoms with van der Waals surface area (Å²) in [5.74, 6) is -1.92. The Bertz CT molecular complexity index is 1060. The summed E-state index contributed by atoms with van der Waals surface area (Å²) in [7, 11) is 1.89. The van der Waals surface area contributed by atoms with Gasteiger partial charge in [-0.15, -0.1) is 0 Å². The zero-order chi connectivity index (χ0) is 20.5. The summed E-state index contributed by atoms with van der Waals surface area (Å²) in [6, 6.07) is 11.1. The van der Waals surface area contributed by atoms with Crippen LogP contribution in [0.5, 0.6) is 5.75 Å². The van der Waals surface area contributed by atoms with Crippen LogP contribution in [-0.2, 0) is 18.4 Å². The van der Waals surface area contributed by atoms with E-state index in [9.17, 15) is 13.6 Å². The van der Waals surface area contributed by atoms with Crippen LogP contribution in [0.3, 0.4) is 0 Å². The molecule has 0 aliphatic carbocycles. The van der Waals surface area contributed by atoms with Gasteiger partial charge < -0.3 is 9.64 Å². The fourth-order valence-electron chi connectivity index (χ4n) is 3.74. The molecule has 2 aromatic carbocycles. The molecule has 7 heteroatoms. The molecule has 1 atom stereocenters. The molecule has 1 unspecified atom stereocenters. The molecule has 1 amide bonds. The van der Waals surface area contributed by atoms with Gasteiger partial charge in [-0.2, -0.15) is 5.10 Å². The highest BCUT2D eigenvalue weighted by atomic mass is 19.1. The molecule has 29 heavy (non-hydrogen) atoms.